The third-order valence-corrected chi connectivity index (χ3v) is 12.0. The van der Waals surface area contributed by atoms with E-state index in [2.05, 4.69) is 196 Å². The van der Waals surface area contributed by atoms with Gasteiger partial charge in [0, 0.05) is 5.41 Å². The van der Waals surface area contributed by atoms with Gasteiger partial charge >= 0.3 is 0 Å². The first-order valence-electron chi connectivity index (χ1n) is 18.7. The highest BCUT2D eigenvalue weighted by Crippen LogP contribution is 2.54. The van der Waals surface area contributed by atoms with Crippen molar-refractivity contribution >= 4 is 53.9 Å². The predicted molar refractivity (Wildman–Crippen MR) is 228 cm³/mol. The second-order valence-corrected chi connectivity index (χ2v) is 15.2. The molecule has 0 N–H and O–H groups in total. The van der Waals surface area contributed by atoms with Gasteiger partial charge < -0.3 is 0 Å². The van der Waals surface area contributed by atoms with Crippen LogP contribution in [0.5, 0.6) is 0 Å². The largest absolute Gasteiger partial charge is 0.0616 e. The van der Waals surface area contributed by atoms with Crippen LogP contribution in [0.4, 0.5) is 0 Å². The summed E-state index contributed by atoms with van der Waals surface area (Å²) in [5.74, 6) is 0. The summed E-state index contributed by atoms with van der Waals surface area (Å²) in [6.07, 6.45) is 0. The lowest BCUT2D eigenvalue weighted by Gasteiger charge is -2.23. The maximum Gasteiger partial charge on any atom is 0.0165 e. The summed E-state index contributed by atoms with van der Waals surface area (Å²) in [4.78, 5) is 0. The van der Waals surface area contributed by atoms with Crippen LogP contribution in [0.1, 0.15) is 25.0 Å². The van der Waals surface area contributed by atoms with Gasteiger partial charge in [-0.15, -0.1) is 0 Å². The summed E-state index contributed by atoms with van der Waals surface area (Å²) < 4.78 is 0. The summed E-state index contributed by atoms with van der Waals surface area (Å²) >= 11 is 0. The Morgan fingerprint density at radius 3 is 1.47 bits per heavy atom. The highest BCUT2D eigenvalue weighted by atomic mass is 14.4. The molecule has 0 aromatic heterocycles. The van der Waals surface area contributed by atoms with Gasteiger partial charge in [0.25, 0.3) is 0 Å². The van der Waals surface area contributed by atoms with Crippen LogP contribution in [0, 0.1) is 0 Å². The van der Waals surface area contributed by atoms with E-state index in [0.29, 0.717) is 0 Å². The van der Waals surface area contributed by atoms with Crippen LogP contribution in [0.15, 0.2) is 182 Å². The van der Waals surface area contributed by atoms with E-state index < -0.39 is 0 Å². The van der Waals surface area contributed by atoms with Gasteiger partial charge in [-0.1, -0.05) is 190 Å². The molecule has 0 atom stereocenters. The minimum atomic E-state index is -0.0834. The predicted octanol–water partition coefficient (Wildman–Crippen LogP) is 14.8. The van der Waals surface area contributed by atoms with Gasteiger partial charge in [0.05, 0.1) is 0 Å². The molecule has 10 aromatic rings. The van der Waals surface area contributed by atoms with Crippen LogP contribution in [0.2, 0.25) is 0 Å². The van der Waals surface area contributed by atoms with Crippen LogP contribution >= 0.6 is 0 Å². The SMILES string of the molecule is CC1(C)c2cccc(-c3ccc(-c4c5ccccc5c(-c5ccc6c(ccc7ccccc76)c5)c5ccccc45)cc3)c2-c2ccc3ccccc3c21. The van der Waals surface area contributed by atoms with Crippen molar-refractivity contribution in [2.45, 2.75) is 19.3 Å². The lowest BCUT2D eigenvalue weighted by Crippen LogP contribution is -2.15. The molecule has 0 radical (unpaired) electrons. The topological polar surface area (TPSA) is 0 Å². The van der Waals surface area contributed by atoms with E-state index in [9.17, 15) is 0 Å². The van der Waals surface area contributed by atoms with Crippen LogP contribution in [0.25, 0.3) is 98.4 Å². The molecule has 0 saturated carbocycles. The first-order chi connectivity index (χ1) is 26.1. The number of hydrogen-bond donors (Lipinski definition) is 0. The molecule has 0 nitrogen and oxygen atoms in total. The van der Waals surface area contributed by atoms with Crippen LogP contribution in [-0.2, 0) is 5.41 Å². The third-order valence-electron chi connectivity index (χ3n) is 12.0. The fourth-order valence-corrected chi connectivity index (χ4v) is 9.63. The van der Waals surface area contributed by atoms with E-state index in [4.69, 9.17) is 0 Å². The summed E-state index contributed by atoms with van der Waals surface area (Å²) in [5, 5.41) is 12.9. The Morgan fingerprint density at radius 1 is 0.302 bits per heavy atom. The molecule has 1 aliphatic rings. The Bertz CT molecular complexity index is 3060. The van der Waals surface area contributed by atoms with Gasteiger partial charge in [-0.3, -0.25) is 0 Å². The fourth-order valence-electron chi connectivity index (χ4n) is 9.63. The Labute approximate surface area is 309 Å². The Morgan fingerprint density at radius 2 is 0.792 bits per heavy atom. The van der Waals surface area contributed by atoms with Crippen molar-refractivity contribution in [2.24, 2.45) is 0 Å². The Hall–Kier alpha value is -6.50. The van der Waals surface area contributed by atoms with Crippen molar-refractivity contribution < 1.29 is 0 Å². The molecule has 248 valence electrons. The molecule has 0 saturated heterocycles. The van der Waals surface area contributed by atoms with Gasteiger partial charge in [0.15, 0.2) is 0 Å². The Kier molecular flexibility index (Phi) is 6.40. The first-order valence-corrected chi connectivity index (χ1v) is 18.7. The molecule has 0 amide bonds. The molecular formula is C53H36. The third kappa shape index (κ3) is 4.36. The maximum absolute atomic E-state index is 2.39. The van der Waals surface area contributed by atoms with Crippen molar-refractivity contribution in [3.8, 4) is 44.5 Å². The summed E-state index contributed by atoms with van der Waals surface area (Å²) in [6.45, 7) is 4.77. The second-order valence-electron chi connectivity index (χ2n) is 15.2. The van der Waals surface area contributed by atoms with Gasteiger partial charge in [-0.2, -0.15) is 0 Å². The van der Waals surface area contributed by atoms with Gasteiger partial charge in [-0.05, 0) is 116 Å². The second kappa shape index (κ2) is 11.2. The van der Waals surface area contributed by atoms with E-state index in [0.717, 1.165) is 0 Å². The highest BCUT2D eigenvalue weighted by molar-refractivity contribution is 6.22. The summed E-state index contributed by atoms with van der Waals surface area (Å²) in [6, 6.07) is 67.8. The van der Waals surface area contributed by atoms with Crippen molar-refractivity contribution in [3.63, 3.8) is 0 Å². The molecule has 1 aliphatic carbocycles. The molecule has 0 spiro atoms. The van der Waals surface area contributed by atoms with E-state index in [1.807, 2.05) is 0 Å². The molecule has 0 aliphatic heterocycles. The monoisotopic (exact) mass is 672 g/mol. The standard InChI is InChI=1S/C53H36/c1-53(2)48-21-11-20-41(51(48)47-31-28-34-13-4-6-15-42(34)52(47)53)35-22-25-36(26-23-35)49-43-16-7-9-18-45(43)50(46-19-10-8-17-44(46)49)38-29-30-40-37(32-38)27-24-33-12-3-5-14-39(33)40/h3-32H,1-2H3. The summed E-state index contributed by atoms with van der Waals surface area (Å²) in [5.41, 5.74) is 13.1. The maximum atomic E-state index is 2.39. The normalized spacial score (nSPS) is 13.2. The Balaban J connectivity index is 1.08. The zero-order valence-corrected chi connectivity index (χ0v) is 29.8. The molecule has 0 heteroatoms. The highest BCUT2D eigenvalue weighted by Gasteiger charge is 2.38. The average Bonchev–Trinajstić information content (AvgIpc) is 3.46. The quantitative estimate of drug-likeness (QED) is 0.129. The van der Waals surface area contributed by atoms with E-state index >= 15 is 0 Å². The average molecular weight is 673 g/mol. The van der Waals surface area contributed by atoms with E-state index in [1.54, 1.807) is 0 Å². The number of fused-ring (bicyclic) bond motifs is 10. The molecule has 53 heavy (non-hydrogen) atoms. The van der Waals surface area contributed by atoms with Gasteiger partial charge in [-0.25, -0.2) is 0 Å². The molecule has 10 aromatic carbocycles. The molecule has 0 heterocycles. The molecule has 0 fully saturated rings. The molecular weight excluding hydrogens is 637 g/mol. The van der Waals surface area contributed by atoms with Gasteiger partial charge in [0.2, 0.25) is 0 Å². The van der Waals surface area contributed by atoms with E-state index in [-0.39, 0.29) is 5.41 Å². The minimum Gasteiger partial charge on any atom is -0.0616 e. The van der Waals surface area contributed by atoms with Crippen LogP contribution in [0.3, 0.4) is 0 Å². The number of benzene rings is 10. The van der Waals surface area contributed by atoms with Crippen LogP contribution in [-0.4, -0.2) is 0 Å². The molecule has 0 unspecified atom stereocenters. The van der Waals surface area contributed by atoms with Crippen molar-refractivity contribution in [3.05, 3.63) is 193 Å². The molecule has 0 bridgehead atoms. The van der Waals surface area contributed by atoms with Crippen molar-refractivity contribution in [2.75, 3.05) is 0 Å². The first kappa shape index (κ1) is 30.2. The molecule has 11 rings (SSSR count). The van der Waals surface area contributed by atoms with E-state index in [1.165, 1.54) is 109 Å². The summed E-state index contributed by atoms with van der Waals surface area (Å²) in [7, 11) is 0. The zero-order valence-electron chi connectivity index (χ0n) is 29.8. The number of hydrogen-bond acceptors (Lipinski definition) is 0. The number of rotatable bonds is 3. The lowest BCUT2D eigenvalue weighted by atomic mass is 9.80. The smallest absolute Gasteiger partial charge is 0.0165 e. The van der Waals surface area contributed by atoms with Crippen molar-refractivity contribution in [1.82, 2.24) is 0 Å². The fraction of sp³-hybridized carbons (Fsp3) is 0.0566. The van der Waals surface area contributed by atoms with Gasteiger partial charge in [0.1, 0.15) is 0 Å². The lowest BCUT2D eigenvalue weighted by molar-refractivity contribution is 0.666. The van der Waals surface area contributed by atoms with Crippen LogP contribution < -0.4 is 0 Å². The zero-order chi connectivity index (χ0) is 35.3. The minimum absolute atomic E-state index is 0.0834. The van der Waals surface area contributed by atoms with Crippen molar-refractivity contribution in [1.29, 1.82) is 0 Å².